The van der Waals surface area contributed by atoms with Crippen LogP contribution in [0.3, 0.4) is 0 Å². The Balaban J connectivity index is 1.50. The van der Waals surface area contributed by atoms with E-state index in [1.54, 1.807) is 6.92 Å². The summed E-state index contributed by atoms with van der Waals surface area (Å²) in [4.78, 5) is 65.0. The Morgan fingerprint density at radius 1 is 0.919 bits per heavy atom. The third-order valence-corrected chi connectivity index (χ3v) is 11.0. The Hall–Kier alpha value is -2.45. The van der Waals surface area contributed by atoms with Gasteiger partial charge >= 0.3 is 29.8 Å². The Morgan fingerprint density at radius 2 is 1.59 bits per heavy atom. The molecule has 3 aliphatic heterocycles. The van der Waals surface area contributed by atoms with Crippen LogP contribution < -0.4 is 0 Å². The normalized spacial score (nSPS) is 46.5. The minimum absolute atomic E-state index is 0.0301. The molecule has 3 saturated heterocycles. The molecule has 2 bridgehead atoms. The molecule has 3 heterocycles. The van der Waals surface area contributed by atoms with E-state index in [-0.39, 0.29) is 49.1 Å². The van der Waals surface area contributed by atoms with Crippen molar-refractivity contribution in [3.05, 3.63) is 0 Å². The second-order valence-electron chi connectivity index (χ2n) is 12.6. The molecule has 0 aromatic heterocycles. The minimum Gasteiger partial charge on any atom is -0.469 e. The molecule has 37 heavy (non-hydrogen) atoms. The Labute approximate surface area is 217 Å². The van der Waals surface area contributed by atoms with Crippen molar-refractivity contribution in [3.63, 3.8) is 0 Å². The number of esters is 5. The van der Waals surface area contributed by atoms with Crippen molar-refractivity contribution in [2.45, 2.75) is 60.0 Å². The van der Waals surface area contributed by atoms with E-state index in [0.717, 1.165) is 6.42 Å². The van der Waals surface area contributed by atoms with Crippen LogP contribution in [0.5, 0.6) is 0 Å². The molecule has 0 N–H and O–H groups in total. The van der Waals surface area contributed by atoms with Gasteiger partial charge in [-0.1, -0.05) is 27.7 Å². The molecule has 0 amide bonds. The summed E-state index contributed by atoms with van der Waals surface area (Å²) in [5, 5.41) is 0. The predicted octanol–water partition coefficient (Wildman–Crippen LogP) is 2.79. The number of cyclic esters (lactones) is 4. The lowest BCUT2D eigenvalue weighted by molar-refractivity contribution is -0.168. The van der Waals surface area contributed by atoms with Crippen molar-refractivity contribution >= 4 is 29.8 Å². The van der Waals surface area contributed by atoms with Gasteiger partial charge in [0.15, 0.2) is 0 Å². The van der Waals surface area contributed by atoms with E-state index in [1.807, 2.05) is 6.92 Å². The summed E-state index contributed by atoms with van der Waals surface area (Å²) in [6, 6.07) is 0. The molecule has 9 nitrogen and oxygen atoms in total. The molecule has 204 valence electrons. The van der Waals surface area contributed by atoms with Gasteiger partial charge < -0.3 is 18.9 Å². The van der Waals surface area contributed by atoms with Gasteiger partial charge in [0.05, 0.1) is 43.3 Å². The van der Waals surface area contributed by atoms with Gasteiger partial charge in [0.25, 0.3) is 0 Å². The summed E-state index contributed by atoms with van der Waals surface area (Å²) >= 11 is 0. The van der Waals surface area contributed by atoms with Crippen LogP contribution in [0.15, 0.2) is 0 Å². The molecule has 13 unspecified atom stereocenters. The van der Waals surface area contributed by atoms with Crippen LogP contribution in [0, 0.1) is 70.5 Å². The van der Waals surface area contributed by atoms with Gasteiger partial charge in [0.2, 0.25) is 0 Å². The highest BCUT2D eigenvalue weighted by Gasteiger charge is 2.66. The average molecular weight is 519 g/mol. The van der Waals surface area contributed by atoms with Gasteiger partial charge in [-0.25, -0.2) is 0 Å². The van der Waals surface area contributed by atoms with E-state index in [2.05, 4.69) is 20.8 Å². The van der Waals surface area contributed by atoms with Gasteiger partial charge in [-0.3, -0.25) is 24.0 Å². The molecule has 0 radical (unpaired) electrons. The lowest BCUT2D eigenvalue weighted by Crippen LogP contribution is -2.49. The number of fused-ring (bicyclic) bond motifs is 2. The Kier molecular flexibility index (Phi) is 6.43. The zero-order valence-corrected chi connectivity index (χ0v) is 22.4. The summed E-state index contributed by atoms with van der Waals surface area (Å²) in [7, 11) is 1.25. The van der Waals surface area contributed by atoms with Crippen molar-refractivity contribution < 1.29 is 42.9 Å². The van der Waals surface area contributed by atoms with Crippen molar-refractivity contribution in [3.8, 4) is 0 Å². The lowest BCUT2D eigenvalue weighted by Gasteiger charge is -2.43. The van der Waals surface area contributed by atoms with E-state index in [4.69, 9.17) is 18.9 Å². The minimum atomic E-state index is -1.49. The van der Waals surface area contributed by atoms with Crippen molar-refractivity contribution in [2.75, 3.05) is 13.7 Å². The topological polar surface area (TPSA) is 122 Å². The molecule has 13 atom stereocenters. The van der Waals surface area contributed by atoms with Gasteiger partial charge in [-0.15, -0.1) is 0 Å². The summed E-state index contributed by atoms with van der Waals surface area (Å²) in [6.45, 7) is 10.4. The molecular weight excluding hydrogens is 480 g/mol. The fourth-order valence-electron chi connectivity index (χ4n) is 8.95. The number of carbonyl (C=O) groups excluding carboxylic acids is 5. The first-order chi connectivity index (χ1) is 17.4. The molecule has 9 heteroatoms. The van der Waals surface area contributed by atoms with Crippen LogP contribution in [0.4, 0.5) is 0 Å². The largest absolute Gasteiger partial charge is 0.469 e. The Bertz CT molecular complexity index is 1020. The highest BCUT2D eigenvalue weighted by atomic mass is 16.6. The second kappa shape index (κ2) is 9.09. The molecule has 2 aliphatic carbocycles. The third-order valence-electron chi connectivity index (χ3n) is 11.0. The summed E-state index contributed by atoms with van der Waals surface area (Å²) in [5.74, 6) is -4.03. The van der Waals surface area contributed by atoms with Crippen molar-refractivity contribution in [2.24, 2.45) is 70.5 Å². The molecule has 5 rings (SSSR count). The van der Waals surface area contributed by atoms with E-state index >= 15 is 0 Å². The number of carbonyl (C=O) groups is 5. The molecule has 5 fully saturated rings. The van der Waals surface area contributed by atoms with Crippen LogP contribution >= 0.6 is 0 Å². The van der Waals surface area contributed by atoms with Crippen LogP contribution in [-0.2, 0) is 42.9 Å². The number of methoxy groups -OCH3 is 1. The first-order valence-corrected chi connectivity index (χ1v) is 13.6. The highest BCUT2D eigenvalue weighted by molar-refractivity contribution is 6.00. The first kappa shape index (κ1) is 26.2. The predicted molar refractivity (Wildman–Crippen MR) is 127 cm³/mol. The molecular formula is C28H38O9. The molecule has 5 aliphatic rings. The standard InChI is InChI=1S/C28H38O9/c1-11-10-35-24(30)20(11)17-8-19(29)36-18(17)9-28(5,27(33)34-6)23-22(25(31)37-26(23)32)21-14(4)15-7-16(21)13(3)12(15)2/h11-18,20-23H,7-10H2,1-6H3. The Morgan fingerprint density at radius 3 is 2.19 bits per heavy atom. The van der Waals surface area contributed by atoms with Crippen molar-refractivity contribution in [1.29, 1.82) is 0 Å². The van der Waals surface area contributed by atoms with Crippen LogP contribution in [0.2, 0.25) is 0 Å². The molecule has 0 aromatic rings. The number of hydrogen-bond acceptors (Lipinski definition) is 9. The third kappa shape index (κ3) is 3.82. The number of rotatable bonds is 6. The summed E-state index contributed by atoms with van der Waals surface area (Å²) in [5.41, 5.74) is -1.49. The first-order valence-electron chi connectivity index (χ1n) is 13.6. The lowest BCUT2D eigenvalue weighted by atomic mass is 9.58. The van der Waals surface area contributed by atoms with Crippen molar-refractivity contribution in [1.82, 2.24) is 0 Å². The fourth-order valence-corrected chi connectivity index (χ4v) is 8.95. The summed E-state index contributed by atoms with van der Waals surface area (Å²) in [6.07, 6.45) is 0.187. The maximum atomic E-state index is 13.4. The quantitative estimate of drug-likeness (QED) is 0.297. The fraction of sp³-hybridized carbons (Fsp3) is 0.821. The number of hydrogen-bond donors (Lipinski definition) is 0. The van der Waals surface area contributed by atoms with E-state index in [9.17, 15) is 24.0 Å². The van der Waals surface area contributed by atoms with Crippen LogP contribution in [0.1, 0.15) is 53.9 Å². The monoisotopic (exact) mass is 518 g/mol. The zero-order valence-electron chi connectivity index (χ0n) is 22.4. The summed E-state index contributed by atoms with van der Waals surface area (Å²) < 4.78 is 21.3. The van der Waals surface area contributed by atoms with Crippen LogP contribution in [0.25, 0.3) is 0 Å². The van der Waals surface area contributed by atoms with E-state index < -0.39 is 59.1 Å². The van der Waals surface area contributed by atoms with Gasteiger partial charge in [0.1, 0.15) is 6.10 Å². The second-order valence-corrected chi connectivity index (χ2v) is 12.6. The molecule has 2 saturated carbocycles. The maximum absolute atomic E-state index is 13.4. The zero-order chi connectivity index (χ0) is 27.0. The van der Waals surface area contributed by atoms with Crippen LogP contribution in [-0.4, -0.2) is 49.7 Å². The van der Waals surface area contributed by atoms with E-state index in [1.165, 1.54) is 7.11 Å². The highest BCUT2D eigenvalue weighted by Crippen LogP contribution is 2.63. The maximum Gasteiger partial charge on any atom is 0.318 e. The van der Waals surface area contributed by atoms with Gasteiger partial charge in [-0.2, -0.15) is 0 Å². The smallest absolute Gasteiger partial charge is 0.318 e. The van der Waals surface area contributed by atoms with E-state index in [0.29, 0.717) is 17.8 Å². The average Bonchev–Trinajstić information content (AvgIpc) is 3.60. The van der Waals surface area contributed by atoms with Gasteiger partial charge in [-0.05, 0) is 48.9 Å². The molecule has 0 spiro atoms. The van der Waals surface area contributed by atoms with Gasteiger partial charge in [0, 0.05) is 18.3 Å². The SMILES string of the molecule is COC(=O)C(C)(CC1OC(=O)CC1C1C(=O)OCC1C)C1C(=O)OC(=O)C1C1C(C)C2CC1C(C)C2C. The number of ether oxygens (including phenoxy) is 4. The molecule has 0 aromatic carbocycles.